The number of urea groups is 1. The Morgan fingerprint density at radius 3 is 2.83 bits per heavy atom. The molecule has 0 aliphatic rings. The van der Waals surface area contributed by atoms with Crippen molar-refractivity contribution in [2.75, 3.05) is 26.0 Å². The van der Waals surface area contributed by atoms with Crippen LogP contribution in [0.3, 0.4) is 0 Å². The number of benzene rings is 1. The molecule has 8 nitrogen and oxygen atoms in total. The smallest absolute Gasteiger partial charge is 0.322 e. The van der Waals surface area contributed by atoms with Gasteiger partial charge in [0.2, 0.25) is 5.91 Å². The Bertz CT molecular complexity index is 715. The zero-order valence-corrected chi connectivity index (χ0v) is 13.5. The predicted molar refractivity (Wildman–Crippen MR) is 85.8 cm³/mol. The molecule has 0 radical (unpaired) electrons. The summed E-state index contributed by atoms with van der Waals surface area (Å²) < 4.78 is 14.4. The molecular formula is C15H19FN6O2. The quantitative estimate of drug-likeness (QED) is 0.820. The highest BCUT2D eigenvalue weighted by atomic mass is 19.1. The van der Waals surface area contributed by atoms with Gasteiger partial charge < -0.3 is 10.2 Å². The average molecular weight is 334 g/mol. The zero-order valence-electron chi connectivity index (χ0n) is 13.5. The topological polar surface area (TPSA) is 92.2 Å². The minimum atomic E-state index is -0.332. The molecule has 0 aliphatic carbocycles. The van der Waals surface area contributed by atoms with Crippen LogP contribution >= 0.6 is 0 Å². The zero-order chi connectivity index (χ0) is 17.5. The minimum absolute atomic E-state index is 0.0199. The summed E-state index contributed by atoms with van der Waals surface area (Å²) in [6.07, 6.45) is 2.00. The molecule has 24 heavy (non-hydrogen) atoms. The van der Waals surface area contributed by atoms with E-state index in [4.69, 9.17) is 0 Å². The van der Waals surface area contributed by atoms with Gasteiger partial charge in [-0.1, -0.05) is 17.3 Å². The highest BCUT2D eigenvalue weighted by molar-refractivity contribution is 5.87. The van der Waals surface area contributed by atoms with Gasteiger partial charge in [-0.2, -0.15) is 0 Å². The fraction of sp³-hybridized carbons (Fsp3) is 0.333. The van der Waals surface area contributed by atoms with E-state index in [0.717, 1.165) is 5.56 Å². The predicted octanol–water partition coefficient (Wildman–Crippen LogP) is 0.870. The van der Waals surface area contributed by atoms with Gasteiger partial charge in [0.05, 0.1) is 6.20 Å². The number of amides is 3. The normalized spacial score (nSPS) is 10.3. The van der Waals surface area contributed by atoms with Crippen LogP contribution < -0.4 is 10.6 Å². The van der Waals surface area contributed by atoms with E-state index in [0.29, 0.717) is 13.0 Å². The number of anilines is 1. The first-order valence-electron chi connectivity index (χ1n) is 7.33. The second-order valence-electron chi connectivity index (χ2n) is 5.36. The third-order valence-electron chi connectivity index (χ3n) is 3.11. The first-order valence-corrected chi connectivity index (χ1v) is 7.33. The summed E-state index contributed by atoms with van der Waals surface area (Å²) in [6.45, 7) is 0.370. The van der Waals surface area contributed by atoms with Crippen LogP contribution in [0.2, 0.25) is 0 Å². The fourth-order valence-electron chi connectivity index (χ4n) is 1.90. The summed E-state index contributed by atoms with van der Waals surface area (Å²) in [5.74, 6) is -0.281. The number of aromatic nitrogens is 3. The van der Waals surface area contributed by atoms with Gasteiger partial charge >= 0.3 is 6.03 Å². The van der Waals surface area contributed by atoms with Gasteiger partial charge in [0.25, 0.3) is 0 Å². The van der Waals surface area contributed by atoms with Crippen molar-refractivity contribution in [2.45, 2.75) is 13.0 Å². The van der Waals surface area contributed by atoms with Gasteiger partial charge in [0, 0.05) is 20.6 Å². The van der Waals surface area contributed by atoms with Crippen molar-refractivity contribution in [2.24, 2.45) is 0 Å². The van der Waals surface area contributed by atoms with E-state index in [9.17, 15) is 14.0 Å². The van der Waals surface area contributed by atoms with Crippen molar-refractivity contribution in [3.05, 3.63) is 41.8 Å². The molecule has 0 saturated heterocycles. The number of hydrogen-bond acceptors (Lipinski definition) is 4. The lowest BCUT2D eigenvalue weighted by molar-refractivity contribution is -0.121. The first kappa shape index (κ1) is 17.4. The van der Waals surface area contributed by atoms with Gasteiger partial charge in [0.1, 0.15) is 12.4 Å². The molecule has 2 N–H and O–H groups in total. The largest absolute Gasteiger partial charge is 0.354 e. The number of hydrogen-bond donors (Lipinski definition) is 2. The summed E-state index contributed by atoms with van der Waals surface area (Å²) >= 11 is 0. The fourth-order valence-corrected chi connectivity index (χ4v) is 1.90. The lowest BCUT2D eigenvalue weighted by Gasteiger charge is -2.09. The van der Waals surface area contributed by atoms with Crippen molar-refractivity contribution in [3.63, 3.8) is 0 Å². The number of nitrogens with zero attached hydrogens (tertiary/aromatic N) is 4. The molecule has 1 aromatic carbocycles. The third kappa shape index (κ3) is 5.34. The molecule has 0 unspecified atom stereocenters. The number of halogens is 1. The Labute approximate surface area is 138 Å². The second-order valence-corrected chi connectivity index (χ2v) is 5.36. The number of rotatable bonds is 6. The summed E-state index contributed by atoms with van der Waals surface area (Å²) in [6, 6.07) is 5.90. The van der Waals surface area contributed by atoms with Crippen LogP contribution in [0.5, 0.6) is 0 Å². The van der Waals surface area contributed by atoms with Crippen molar-refractivity contribution >= 4 is 17.8 Å². The molecule has 2 rings (SSSR count). The van der Waals surface area contributed by atoms with Gasteiger partial charge in [-0.25, -0.2) is 13.9 Å². The van der Waals surface area contributed by atoms with Crippen molar-refractivity contribution in [1.82, 2.24) is 25.2 Å². The van der Waals surface area contributed by atoms with Crippen LogP contribution in [-0.4, -0.2) is 52.5 Å². The maximum absolute atomic E-state index is 13.0. The van der Waals surface area contributed by atoms with Crippen LogP contribution in [0.4, 0.5) is 15.0 Å². The van der Waals surface area contributed by atoms with E-state index in [1.807, 2.05) is 0 Å². The van der Waals surface area contributed by atoms with Gasteiger partial charge in [-0.05, 0) is 24.1 Å². The molecule has 1 aromatic heterocycles. The Morgan fingerprint density at radius 2 is 2.12 bits per heavy atom. The first-order chi connectivity index (χ1) is 11.4. The molecule has 9 heteroatoms. The van der Waals surface area contributed by atoms with Crippen LogP contribution in [0.25, 0.3) is 0 Å². The number of nitrogens with one attached hydrogen (secondary N) is 2. The summed E-state index contributed by atoms with van der Waals surface area (Å²) in [5.41, 5.74) is 0.810. The lowest BCUT2D eigenvalue weighted by atomic mass is 10.1. The lowest BCUT2D eigenvalue weighted by Crippen LogP contribution is -2.29. The average Bonchev–Trinajstić information content (AvgIpc) is 2.94. The molecule has 0 saturated carbocycles. The molecule has 0 atom stereocenters. The molecule has 0 fully saturated rings. The van der Waals surface area contributed by atoms with E-state index in [1.54, 1.807) is 26.2 Å². The Morgan fingerprint density at radius 1 is 1.33 bits per heavy atom. The molecule has 1 heterocycles. The standard InChI is InChI=1S/C15H19FN6O2/c1-21(2)15(24)18-13-9-22(20-19-13)10-14(23)17-7-6-11-4-3-5-12(16)8-11/h3-5,8-9H,6-7,10H2,1-2H3,(H,17,23)(H,18,24). The van der Waals surface area contributed by atoms with Crippen LogP contribution in [0.1, 0.15) is 5.56 Å². The van der Waals surface area contributed by atoms with Gasteiger partial charge in [-0.15, -0.1) is 5.10 Å². The monoisotopic (exact) mass is 334 g/mol. The summed E-state index contributed by atoms with van der Waals surface area (Å²) in [7, 11) is 3.21. The SMILES string of the molecule is CN(C)C(=O)Nc1cn(CC(=O)NCCc2cccc(F)c2)nn1. The number of carbonyl (C=O) groups is 2. The van der Waals surface area contributed by atoms with E-state index in [-0.39, 0.29) is 30.1 Å². The Balaban J connectivity index is 1.76. The molecule has 128 valence electrons. The highest BCUT2D eigenvalue weighted by Gasteiger charge is 2.09. The second kappa shape index (κ2) is 8.04. The maximum atomic E-state index is 13.0. The molecule has 0 bridgehead atoms. The highest BCUT2D eigenvalue weighted by Crippen LogP contribution is 2.04. The van der Waals surface area contributed by atoms with Crippen molar-refractivity contribution < 1.29 is 14.0 Å². The molecule has 0 spiro atoms. The van der Waals surface area contributed by atoms with E-state index >= 15 is 0 Å². The van der Waals surface area contributed by atoms with E-state index in [2.05, 4.69) is 20.9 Å². The minimum Gasteiger partial charge on any atom is -0.354 e. The Kier molecular flexibility index (Phi) is 5.83. The molecule has 3 amide bonds. The van der Waals surface area contributed by atoms with Crippen LogP contribution in [-0.2, 0) is 17.8 Å². The van der Waals surface area contributed by atoms with Crippen molar-refractivity contribution in [1.29, 1.82) is 0 Å². The Hall–Kier alpha value is -2.97. The summed E-state index contributed by atoms with van der Waals surface area (Å²) in [4.78, 5) is 24.7. The third-order valence-corrected chi connectivity index (χ3v) is 3.11. The molecule has 2 aromatic rings. The van der Waals surface area contributed by atoms with Gasteiger partial charge in [0.15, 0.2) is 5.82 Å². The van der Waals surface area contributed by atoms with Crippen LogP contribution in [0, 0.1) is 5.82 Å². The van der Waals surface area contributed by atoms with Crippen LogP contribution in [0.15, 0.2) is 30.5 Å². The summed E-state index contributed by atoms with van der Waals surface area (Å²) in [5, 5.41) is 12.8. The van der Waals surface area contributed by atoms with E-state index in [1.165, 1.54) is 27.9 Å². The maximum Gasteiger partial charge on any atom is 0.322 e. The van der Waals surface area contributed by atoms with Crippen molar-refractivity contribution in [3.8, 4) is 0 Å². The molecular weight excluding hydrogens is 315 g/mol. The van der Waals surface area contributed by atoms with E-state index < -0.39 is 0 Å². The van der Waals surface area contributed by atoms with Gasteiger partial charge in [-0.3, -0.25) is 10.1 Å². The number of carbonyl (C=O) groups excluding carboxylic acids is 2. The molecule has 0 aliphatic heterocycles.